The van der Waals surface area contributed by atoms with Crippen molar-refractivity contribution in [2.75, 3.05) is 46.3 Å². The fraction of sp³-hybridized carbons (Fsp3) is 0.458. The summed E-state index contributed by atoms with van der Waals surface area (Å²) in [5.41, 5.74) is 3.41. The van der Waals surface area contributed by atoms with Gasteiger partial charge in [-0.2, -0.15) is 0 Å². The van der Waals surface area contributed by atoms with Crippen LogP contribution in [0.25, 0.3) is 11.2 Å². The van der Waals surface area contributed by atoms with E-state index in [1.165, 1.54) is 31.5 Å². The molecular weight excluding hydrogens is 388 g/mol. The minimum atomic E-state index is 0.0648. The summed E-state index contributed by atoms with van der Waals surface area (Å²) in [5, 5.41) is 0. The van der Waals surface area contributed by atoms with Gasteiger partial charge in [-0.1, -0.05) is 30.3 Å². The van der Waals surface area contributed by atoms with Crippen molar-refractivity contribution >= 4 is 17.1 Å². The van der Waals surface area contributed by atoms with Crippen molar-refractivity contribution in [3.8, 4) is 0 Å². The highest BCUT2D eigenvalue weighted by Crippen LogP contribution is 2.19. The molecule has 0 unspecified atom stereocenters. The molecular formula is C24H30N6O. The number of pyridine rings is 1. The van der Waals surface area contributed by atoms with Crippen molar-refractivity contribution < 1.29 is 4.79 Å². The molecule has 2 saturated heterocycles. The minimum absolute atomic E-state index is 0.0648. The first-order valence-electron chi connectivity index (χ1n) is 11.2. The van der Waals surface area contributed by atoms with Gasteiger partial charge in [0.1, 0.15) is 5.52 Å². The first-order valence-corrected chi connectivity index (χ1v) is 11.2. The largest absolute Gasteiger partial charge is 0.336 e. The molecule has 0 spiro atoms. The molecule has 3 aromatic rings. The van der Waals surface area contributed by atoms with Crippen molar-refractivity contribution in [3.05, 3.63) is 60.0 Å². The van der Waals surface area contributed by atoms with Crippen LogP contribution in [0, 0.1) is 0 Å². The lowest BCUT2D eigenvalue weighted by Crippen LogP contribution is -2.54. The van der Waals surface area contributed by atoms with Crippen LogP contribution < -0.4 is 0 Å². The van der Waals surface area contributed by atoms with Crippen molar-refractivity contribution in [1.29, 1.82) is 0 Å². The van der Waals surface area contributed by atoms with E-state index in [4.69, 9.17) is 0 Å². The Balaban J connectivity index is 1.23. The number of imidazole rings is 1. The number of carbonyl (C=O) groups excluding carboxylic acids is 1. The zero-order chi connectivity index (χ0) is 21.2. The van der Waals surface area contributed by atoms with E-state index in [1.54, 1.807) is 12.5 Å². The lowest BCUT2D eigenvalue weighted by Gasteiger charge is -2.42. The van der Waals surface area contributed by atoms with Crippen LogP contribution >= 0.6 is 0 Å². The molecule has 2 aromatic heterocycles. The SMILES string of the molecule is CN1CCC(N2CCN(C(=O)c3cnc4c(c3)ncn4Cc3ccccc3)CC2)CC1. The van der Waals surface area contributed by atoms with E-state index in [0.29, 0.717) is 11.6 Å². The Morgan fingerprint density at radius 1 is 1.00 bits per heavy atom. The third-order valence-corrected chi connectivity index (χ3v) is 6.70. The number of rotatable bonds is 4. The number of piperazine rings is 1. The lowest BCUT2D eigenvalue weighted by atomic mass is 10.0. The summed E-state index contributed by atoms with van der Waals surface area (Å²) < 4.78 is 2.03. The predicted molar refractivity (Wildman–Crippen MR) is 121 cm³/mol. The molecule has 7 heteroatoms. The Morgan fingerprint density at radius 3 is 2.48 bits per heavy atom. The number of amides is 1. The maximum absolute atomic E-state index is 13.1. The van der Waals surface area contributed by atoms with Crippen LogP contribution in [0.2, 0.25) is 0 Å². The third kappa shape index (κ3) is 4.34. The number of nitrogens with zero attached hydrogens (tertiary/aromatic N) is 6. The molecule has 31 heavy (non-hydrogen) atoms. The van der Waals surface area contributed by atoms with Crippen molar-refractivity contribution in [1.82, 2.24) is 29.2 Å². The zero-order valence-electron chi connectivity index (χ0n) is 18.2. The lowest BCUT2D eigenvalue weighted by molar-refractivity contribution is 0.0475. The summed E-state index contributed by atoms with van der Waals surface area (Å²) in [5.74, 6) is 0.0648. The second kappa shape index (κ2) is 8.77. The van der Waals surface area contributed by atoms with E-state index < -0.39 is 0 Å². The summed E-state index contributed by atoms with van der Waals surface area (Å²) in [6.45, 7) is 6.55. The standard InChI is InChI=1S/C24H30N6O/c1-27-9-7-21(8-10-27)28-11-13-29(14-12-28)24(31)20-15-22-23(25-16-20)30(18-26-22)17-19-5-3-2-4-6-19/h2-6,15-16,18,21H,7-14,17H2,1H3. The fourth-order valence-corrected chi connectivity index (χ4v) is 4.79. The van der Waals surface area contributed by atoms with Gasteiger partial charge in [-0.15, -0.1) is 0 Å². The molecule has 1 amide bonds. The summed E-state index contributed by atoms with van der Waals surface area (Å²) >= 11 is 0. The Morgan fingerprint density at radius 2 is 1.74 bits per heavy atom. The zero-order valence-corrected chi connectivity index (χ0v) is 18.2. The highest BCUT2D eigenvalue weighted by atomic mass is 16.2. The van der Waals surface area contributed by atoms with E-state index in [-0.39, 0.29) is 5.91 Å². The number of piperidine rings is 1. The fourth-order valence-electron chi connectivity index (χ4n) is 4.79. The molecule has 1 aromatic carbocycles. The molecule has 0 saturated carbocycles. The molecule has 0 atom stereocenters. The number of hydrogen-bond acceptors (Lipinski definition) is 5. The van der Waals surface area contributed by atoms with Gasteiger partial charge in [-0.25, -0.2) is 9.97 Å². The molecule has 7 nitrogen and oxygen atoms in total. The molecule has 0 bridgehead atoms. The quantitative estimate of drug-likeness (QED) is 0.651. The van der Waals surface area contributed by atoms with Crippen LogP contribution in [-0.2, 0) is 6.54 Å². The second-order valence-electron chi connectivity index (χ2n) is 8.79. The number of carbonyl (C=O) groups is 1. The van der Waals surface area contributed by atoms with E-state index in [0.717, 1.165) is 43.9 Å². The summed E-state index contributed by atoms with van der Waals surface area (Å²) in [6.07, 6.45) is 5.98. The molecule has 0 radical (unpaired) electrons. The van der Waals surface area contributed by atoms with Crippen LogP contribution in [0.4, 0.5) is 0 Å². The second-order valence-corrected chi connectivity index (χ2v) is 8.79. The number of aromatic nitrogens is 3. The third-order valence-electron chi connectivity index (χ3n) is 6.70. The number of benzene rings is 1. The maximum Gasteiger partial charge on any atom is 0.255 e. The van der Waals surface area contributed by atoms with Gasteiger partial charge in [-0.05, 0) is 44.6 Å². The van der Waals surface area contributed by atoms with Gasteiger partial charge < -0.3 is 14.4 Å². The molecule has 5 rings (SSSR count). The molecule has 2 aliphatic rings. The Labute approximate surface area is 183 Å². The van der Waals surface area contributed by atoms with Gasteiger partial charge in [0, 0.05) is 38.4 Å². The Hall–Kier alpha value is -2.77. The van der Waals surface area contributed by atoms with Crippen LogP contribution in [0.15, 0.2) is 48.9 Å². The van der Waals surface area contributed by atoms with Crippen LogP contribution in [0.1, 0.15) is 28.8 Å². The summed E-state index contributed by atoms with van der Waals surface area (Å²) in [6, 6.07) is 12.8. The normalized spacial score (nSPS) is 19.2. The molecule has 0 N–H and O–H groups in total. The van der Waals surface area contributed by atoms with Gasteiger partial charge >= 0.3 is 0 Å². The Kier molecular flexibility index (Phi) is 5.70. The van der Waals surface area contributed by atoms with Gasteiger partial charge in [0.25, 0.3) is 5.91 Å². The summed E-state index contributed by atoms with van der Waals surface area (Å²) in [7, 11) is 2.20. The molecule has 2 aliphatic heterocycles. The van der Waals surface area contributed by atoms with Crippen molar-refractivity contribution in [3.63, 3.8) is 0 Å². The van der Waals surface area contributed by atoms with Gasteiger partial charge in [0.15, 0.2) is 5.65 Å². The first-order chi connectivity index (χ1) is 15.2. The molecule has 4 heterocycles. The first kappa shape index (κ1) is 20.2. The summed E-state index contributed by atoms with van der Waals surface area (Å²) in [4.78, 5) is 29.1. The molecule has 162 valence electrons. The van der Waals surface area contributed by atoms with E-state index in [2.05, 4.69) is 38.9 Å². The van der Waals surface area contributed by atoms with Gasteiger partial charge in [0.05, 0.1) is 18.4 Å². The van der Waals surface area contributed by atoms with E-state index in [1.807, 2.05) is 33.7 Å². The monoisotopic (exact) mass is 418 g/mol. The minimum Gasteiger partial charge on any atom is -0.336 e. The Bertz CT molecular complexity index is 1030. The maximum atomic E-state index is 13.1. The smallest absolute Gasteiger partial charge is 0.255 e. The van der Waals surface area contributed by atoms with Crippen LogP contribution in [0.5, 0.6) is 0 Å². The van der Waals surface area contributed by atoms with E-state index in [9.17, 15) is 4.79 Å². The number of fused-ring (bicyclic) bond motifs is 1. The van der Waals surface area contributed by atoms with Crippen LogP contribution in [0.3, 0.4) is 0 Å². The van der Waals surface area contributed by atoms with Crippen molar-refractivity contribution in [2.24, 2.45) is 0 Å². The average Bonchev–Trinajstić information content (AvgIpc) is 3.22. The predicted octanol–water partition coefficient (Wildman–Crippen LogP) is 2.33. The number of hydrogen-bond donors (Lipinski definition) is 0. The van der Waals surface area contributed by atoms with Gasteiger partial charge in [0.2, 0.25) is 0 Å². The highest BCUT2D eigenvalue weighted by molar-refractivity contribution is 5.96. The van der Waals surface area contributed by atoms with E-state index >= 15 is 0 Å². The molecule has 2 fully saturated rings. The van der Waals surface area contributed by atoms with Crippen LogP contribution in [-0.4, -0.2) is 87.5 Å². The topological polar surface area (TPSA) is 57.5 Å². The highest BCUT2D eigenvalue weighted by Gasteiger charge is 2.28. The molecule has 0 aliphatic carbocycles. The average molecular weight is 419 g/mol. The number of likely N-dealkylation sites (tertiary alicyclic amines) is 1. The van der Waals surface area contributed by atoms with Crippen molar-refractivity contribution in [2.45, 2.75) is 25.4 Å². The van der Waals surface area contributed by atoms with Gasteiger partial charge in [-0.3, -0.25) is 9.69 Å².